The maximum Gasteiger partial charge on any atom is 0.235 e. The van der Waals surface area contributed by atoms with E-state index >= 15 is 0 Å². The van der Waals surface area contributed by atoms with Gasteiger partial charge in [0.1, 0.15) is 5.75 Å². The molecule has 0 aliphatic heterocycles. The van der Waals surface area contributed by atoms with Gasteiger partial charge in [-0.2, -0.15) is 5.26 Å². The van der Waals surface area contributed by atoms with Gasteiger partial charge in [0.2, 0.25) is 12.1 Å². The lowest BCUT2D eigenvalue weighted by atomic mass is 10.2. The number of para-hydroxylation sites is 1. The van der Waals surface area contributed by atoms with E-state index in [2.05, 4.69) is 4.99 Å². The van der Waals surface area contributed by atoms with Crippen molar-refractivity contribution in [3.05, 3.63) is 29.8 Å². The zero-order chi connectivity index (χ0) is 10.4. The first-order valence-electron chi connectivity index (χ1n) is 3.97. The smallest absolute Gasteiger partial charge is 0.235 e. The summed E-state index contributed by atoms with van der Waals surface area (Å²) in [6, 6.07) is 7.21. The van der Waals surface area contributed by atoms with Gasteiger partial charge < -0.3 is 9.47 Å². The van der Waals surface area contributed by atoms with Gasteiger partial charge in [0, 0.05) is 0 Å². The van der Waals surface area contributed by atoms with E-state index in [0.29, 0.717) is 11.3 Å². The van der Waals surface area contributed by atoms with Crippen LogP contribution in [-0.4, -0.2) is 20.1 Å². The number of hydrogen-bond donors (Lipinski definition) is 0. The van der Waals surface area contributed by atoms with Crippen molar-refractivity contribution >= 4 is 5.90 Å². The van der Waals surface area contributed by atoms with E-state index in [1.54, 1.807) is 25.4 Å². The molecule has 0 unspecified atom stereocenters. The molecule has 14 heavy (non-hydrogen) atoms. The molecule has 0 N–H and O–H groups in total. The van der Waals surface area contributed by atoms with E-state index in [1.807, 2.05) is 12.1 Å². The third-order valence-electron chi connectivity index (χ3n) is 1.68. The van der Waals surface area contributed by atoms with Crippen LogP contribution in [0.2, 0.25) is 0 Å². The lowest BCUT2D eigenvalue weighted by Crippen LogP contribution is -2.05. The summed E-state index contributed by atoms with van der Waals surface area (Å²) >= 11 is 0. The topological polar surface area (TPSA) is 54.6 Å². The Hall–Kier alpha value is -2.02. The molecule has 0 aliphatic rings. The Morgan fingerprint density at radius 1 is 1.36 bits per heavy atom. The summed E-state index contributed by atoms with van der Waals surface area (Å²) in [5, 5.41) is 8.43. The molecule has 0 saturated carbocycles. The summed E-state index contributed by atoms with van der Waals surface area (Å²) < 4.78 is 10.1. The molecule has 0 aromatic heterocycles. The van der Waals surface area contributed by atoms with Crippen molar-refractivity contribution in [1.29, 1.82) is 5.26 Å². The maximum absolute atomic E-state index is 8.43. The Morgan fingerprint density at radius 2 is 2.07 bits per heavy atom. The highest BCUT2D eigenvalue weighted by molar-refractivity contribution is 5.97. The fourth-order valence-corrected chi connectivity index (χ4v) is 1.08. The molecular weight excluding hydrogens is 180 g/mol. The molecular formula is C10H10N2O2. The Labute approximate surface area is 82.4 Å². The van der Waals surface area contributed by atoms with Gasteiger partial charge in [-0.15, -0.1) is 4.99 Å². The molecule has 0 heterocycles. The molecule has 0 fully saturated rings. The second-order valence-electron chi connectivity index (χ2n) is 2.42. The van der Waals surface area contributed by atoms with Crippen molar-refractivity contribution in [1.82, 2.24) is 0 Å². The number of benzene rings is 1. The van der Waals surface area contributed by atoms with E-state index in [4.69, 9.17) is 14.7 Å². The minimum Gasteiger partial charge on any atom is -0.496 e. The monoisotopic (exact) mass is 190 g/mol. The maximum atomic E-state index is 8.43. The molecule has 1 aromatic rings. The van der Waals surface area contributed by atoms with E-state index in [9.17, 15) is 0 Å². The summed E-state index contributed by atoms with van der Waals surface area (Å²) in [4.78, 5) is 3.54. The molecule has 0 radical (unpaired) electrons. The number of aliphatic imine (C=N–C) groups is 1. The molecule has 0 saturated heterocycles. The first-order valence-corrected chi connectivity index (χ1v) is 3.97. The van der Waals surface area contributed by atoms with Gasteiger partial charge in [0.25, 0.3) is 0 Å². The third-order valence-corrected chi connectivity index (χ3v) is 1.68. The van der Waals surface area contributed by atoms with E-state index in [1.165, 1.54) is 7.11 Å². The SMILES string of the molecule is COC(=NC#N)c1ccccc1OC. The predicted molar refractivity (Wildman–Crippen MR) is 52.2 cm³/mol. The van der Waals surface area contributed by atoms with E-state index < -0.39 is 0 Å². The summed E-state index contributed by atoms with van der Waals surface area (Å²) in [6.07, 6.45) is 1.68. The van der Waals surface area contributed by atoms with Crippen LogP contribution in [0.5, 0.6) is 5.75 Å². The van der Waals surface area contributed by atoms with Gasteiger partial charge in [-0.1, -0.05) is 12.1 Å². The van der Waals surface area contributed by atoms with Crippen LogP contribution < -0.4 is 4.74 Å². The van der Waals surface area contributed by atoms with Gasteiger partial charge in [-0.3, -0.25) is 0 Å². The predicted octanol–water partition coefficient (Wildman–Crippen LogP) is 1.57. The highest BCUT2D eigenvalue weighted by Crippen LogP contribution is 2.18. The van der Waals surface area contributed by atoms with Crippen LogP contribution in [0.3, 0.4) is 0 Å². The summed E-state index contributed by atoms with van der Waals surface area (Å²) in [5.41, 5.74) is 0.666. The fourth-order valence-electron chi connectivity index (χ4n) is 1.08. The number of rotatable bonds is 2. The Balaban J connectivity index is 3.17. The van der Waals surface area contributed by atoms with Crippen LogP contribution in [-0.2, 0) is 4.74 Å². The second kappa shape index (κ2) is 4.87. The van der Waals surface area contributed by atoms with Crippen LogP contribution in [0.25, 0.3) is 0 Å². The van der Waals surface area contributed by atoms with Crippen molar-refractivity contribution in [2.45, 2.75) is 0 Å². The van der Waals surface area contributed by atoms with Crippen molar-refractivity contribution in [3.63, 3.8) is 0 Å². The number of hydrogen-bond acceptors (Lipinski definition) is 4. The lowest BCUT2D eigenvalue weighted by Gasteiger charge is -2.07. The largest absolute Gasteiger partial charge is 0.496 e. The van der Waals surface area contributed by atoms with Crippen LogP contribution in [0, 0.1) is 11.5 Å². The van der Waals surface area contributed by atoms with Crippen LogP contribution in [0.15, 0.2) is 29.3 Å². The Kier molecular flexibility index (Phi) is 3.50. The molecule has 72 valence electrons. The molecule has 1 aromatic carbocycles. The summed E-state index contributed by atoms with van der Waals surface area (Å²) in [7, 11) is 3.01. The first-order chi connectivity index (χ1) is 6.83. The molecule has 0 spiro atoms. The van der Waals surface area contributed by atoms with Gasteiger partial charge >= 0.3 is 0 Å². The zero-order valence-corrected chi connectivity index (χ0v) is 8.02. The second-order valence-corrected chi connectivity index (χ2v) is 2.42. The minimum absolute atomic E-state index is 0.255. The zero-order valence-electron chi connectivity index (χ0n) is 8.02. The average Bonchev–Trinajstić information content (AvgIpc) is 2.26. The normalized spacial score (nSPS) is 10.5. The van der Waals surface area contributed by atoms with E-state index in [-0.39, 0.29) is 5.90 Å². The first kappa shape index (κ1) is 10.1. The van der Waals surface area contributed by atoms with Gasteiger partial charge in [-0.25, -0.2) is 0 Å². The van der Waals surface area contributed by atoms with Gasteiger partial charge in [0.05, 0.1) is 19.8 Å². The highest BCUT2D eigenvalue weighted by atomic mass is 16.5. The number of ether oxygens (including phenoxy) is 2. The Bertz CT molecular complexity index is 380. The van der Waals surface area contributed by atoms with Crippen molar-refractivity contribution in [2.24, 2.45) is 4.99 Å². The molecule has 0 amide bonds. The van der Waals surface area contributed by atoms with E-state index in [0.717, 1.165) is 0 Å². The van der Waals surface area contributed by atoms with Crippen molar-refractivity contribution < 1.29 is 9.47 Å². The molecule has 4 heteroatoms. The van der Waals surface area contributed by atoms with Crippen LogP contribution >= 0.6 is 0 Å². The lowest BCUT2D eigenvalue weighted by molar-refractivity contribution is 0.390. The molecule has 1 rings (SSSR count). The molecule has 4 nitrogen and oxygen atoms in total. The Morgan fingerprint density at radius 3 is 2.64 bits per heavy atom. The van der Waals surface area contributed by atoms with Crippen molar-refractivity contribution in [2.75, 3.05) is 14.2 Å². The van der Waals surface area contributed by atoms with Crippen molar-refractivity contribution in [3.8, 4) is 11.9 Å². The van der Waals surface area contributed by atoms with Crippen LogP contribution in [0.4, 0.5) is 0 Å². The summed E-state index contributed by atoms with van der Waals surface area (Å²) in [6.45, 7) is 0. The summed E-state index contributed by atoms with van der Waals surface area (Å²) in [5.74, 6) is 0.883. The minimum atomic E-state index is 0.255. The number of nitrogens with zero attached hydrogens (tertiary/aromatic N) is 2. The highest BCUT2D eigenvalue weighted by Gasteiger charge is 2.09. The number of nitriles is 1. The average molecular weight is 190 g/mol. The molecule has 0 atom stereocenters. The molecule has 0 bridgehead atoms. The van der Waals surface area contributed by atoms with Crippen LogP contribution in [0.1, 0.15) is 5.56 Å². The fraction of sp³-hybridized carbons (Fsp3) is 0.200. The third kappa shape index (κ3) is 2.02. The van der Waals surface area contributed by atoms with Gasteiger partial charge in [-0.05, 0) is 12.1 Å². The number of methoxy groups -OCH3 is 2. The molecule has 0 aliphatic carbocycles. The standard InChI is InChI=1S/C10H10N2O2/c1-13-9-6-4-3-5-8(9)10(14-2)12-7-11/h3-6H,1-2H3. The van der Waals surface area contributed by atoms with Gasteiger partial charge in [0.15, 0.2) is 0 Å². The quantitative estimate of drug-likeness (QED) is 0.404.